The van der Waals surface area contributed by atoms with Crippen LogP contribution in [0.3, 0.4) is 0 Å². The Kier molecular flexibility index (Phi) is 5.42. The highest BCUT2D eigenvalue weighted by Crippen LogP contribution is 2.11. The lowest BCUT2D eigenvalue weighted by atomic mass is 10.1. The van der Waals surface area contributed by atoms with Gasteiger partial charge in [0.1, 0.15) is 0 Å². The summed E-state index contributed by atoms with van der Waals surface area (Å²) in [7, 11) is 6.74. The van der Waals surface area contributed by atoms with Crippen LogP contribution in [-0.4, -0.2) is 87.2 Å². The molecule has 0 saturated carbocycles. The number of hydrogen-bond acceptors (Lipinski definition) is 4. The molecule has 4 heteroatoms. The van der Waals surface area contributed by atoms with Gasteiger partial charge < -0.3 is 15.1 Å². The molecule has 0 radical (unpaired) electrons. The molecule has 1 N–H and O–H groups in total. The Labute approximate surface area is 112 Å². The first-order chi connectivity index (χ1) is 8.65. The van der Waals surface area contributed by atoms with Crippen molar-refractivity contribution in [3.8, 4) is 0 Å². The summed E-state index contributed by atoms with van der Waals surface area (Å²) in [5.74, 6) is 0. The van der Waals surface area contributed by atoms with E-state index in [-0.39, 0.29) is 0 Å². The Morgan fingerprint density at radius 1 is 0.944 bits per heavy atom. The zero-order valence-electron chi connectivity index (χ0n) is 12.4. The van der Waals surface area contributed by atoms with Crippen molar-refractivity contribution in [1.82, 2.24) is 20.0 Å². The van der Waals surface area contributed by atoms with Gasteiger partial charge in [-0.2, -0.15) is 0 Å². The predicted octanol–water partition coefficient (Wildman–Crippen LogP) is 0.306. The molecule has 106 valence electrons. The molecule has 2 unspecified atom stereocenters. The van der Waals surface area contributed by atoms with E-state index in [0.717, 1.165) is 12.6 Å². The topological polar surface area (TPSA) is 21.8 Å². The second-order valence-electron chi connectivity index (χ2n) is 6.24. The Morgan fingerprint density at radius 2 is 1.78 bits per heavy atom. The molecular formula is C14H30N4. The van der Waals surface area contributed by atoms with Crippen LogP contribution in [0.1, 0.15) is 19.3 Å². The van der Waals surface area contributed by atoms with E-state index in [1.807, 2.05) is 0 Å². The highest BCUT2D eigenvalue weighted by Gasteiger charge is 2.23. The molecule has 2 aliphatic rings. The average molecular weight is 254 g/mol. The number of hydrogen-bond donors (Lipinski definition) is 1. The molecule has 2 heterocycles. The monoisotopic (exact) mass is 254 g/mol. The normalized spacial score (nSPS) is 33.5. The van der Waals surface area contributed by atoms with Crippen molar-refractivity contribution < 1.29 is 0 Å². The summed E-state index contributed by atoms with van der Waals surface area (Å²) in [5.41, 5.74) is 0. The minimum absolute atomic E-state index is 0.685. The van der Waals surface area contributed by atoms with Crippen LogP contribution in [-0.2, 0) is 0 Å². The minimum Gasteiger partial charge on any atom is -0.312 e. The van der Waals surface area contributed by atoms with Crippen molar-refractivity contribution in [2.45, 2.75) is 31.3 Å². The van der Waals surface area contributed by atoms with Gasteiger partial charge >= 0.3 is 0 Å². The molecule has 2 rings (SSSR count). The van der Waals surface area contributed by atoms with E-state index in [1.165, 1.54) is 52.0 Å². The fraction of sp³-hybridized carbons (Fsp3) is 1.00. The number of nitrogens with zero attached hydrogens (tertiary/aromatic N) is 3. The maximum Gasteiger partial charge on any atom is 0.0345 e. The summed E-state index contributed by atoms with van der Waals surface area (Å²) in [6.45, 7) is 7.28. The van der Waals surface area contributed by atoms with E-state index in [1.54, 1.807) is 0 Å². The smallest absolute Gasteiger partial charge is 0.0345 e. The second kappa shape index (κ2) is 6.85. The Balaban J connectivity index is 1.72. The second-order valence-corrected chi connectivity index (χ2v) is 6.24. The standard InChI is InChI=1S/C14H30N4/c1-16-7-4-5-13(6-8-16)15-11-14-12-17(2)9-10-18(14)3/h13-15H,4-12H2,1-3H3. The van der Waals surface area contributed by atoms with Crippen molar-refractivity contribution in [2.24, 2.45) is 0 Å². The van der Waals surface area contributed by atoms with E-state index in [9.17, 15) is 0 Å². The maximum atomic E-state index is 3.81. The first-order valence-electron chi connectivity index (χ1n) is 7.46. The zero-order valence-corrected chi connectivity index (χ0v) is 12.4. The van der Waals surface area contributed by atoms with Crippen LogP contribution >= 0.6 is 0 Å². The highest BCUT2D eigenvalue weighted by atomic mass is 15.3. The van der Waals surface area contributed by atoms with Gasteiger partial charge in [-0.05, 0) is 53.5 Å². The van der Waals surface area contributed by atoms with Gasteiger partial charge in [0.15, 0.2) is 0 Å². The van der Waals surface area contributed by atoms with Crippen LogP contribution < -0.4 is 5.32 Å². The van der Waals surface area contributed by atoms with Gasteiger partial charge in [0.2, 0.25) is 0 Å². The van der Waals surface area contributed by atoms with Crippen LogP contribution in [0.5, 0.6) is 0 Å². The third-order valence-electron chi connectivity index (χ3n) is 4.57. The lowest BCUT2D eigenvalue weighted by Gasteiger charge is -2.38. The molecule has 0 aliphatic carbocycles. The van der Waals surface area contributed by atoms with Crippen molar-refractivity contribution in [1.29, 1.82) is 0 Å². The first kappa shape index (κ1) is 14.3. The molecule has 0 aromatic rings. The number of nitrogens with one attached hydrogen (secondary N) is 1. The average Bonchev–Trinajstić information content (AvgIpc) is 2.55. The van der Waals surface area contributed by atoms with E-state index < -0.39 is 0 Å². The molecule has 0 spiro atoms. The predicted molar refractivity (Wildman–Crippen MR) is 77.1 cm³/mol. The van der Waals surface area contributed by atoms with E-state index in [2.05, 4.69) is 41.2 Å². The van der Waals surface area contributed by atoms with Crippen molar-refractivity contribution >= 4 is 0 Å². The van der Waals surface area contributed by atoms with Crippen LogP contribution in [0.4, 0.5) is 0 Å². The largest absolute Gasteiger partial charge is 0.312 e. The quantitative estimate of drug-likeness (QED) is 0.782. The fourth-order valence-corrected chi connectivity index (χ4v) is 3.07. The van der Waals surface area contributed by atoms with Crippen LogP contribution in [0.15, 0.2) is 0 Å². The summed E-state index contributed by atoms with van der Waals surface area (Å²) < 4.78 is 0. The van der Waals surface area contributed by atoms with Gasteiger partial charge in [-0.1, -0.05) is 0 Å². The van der Waals surface area contributed by atoms with Crippen molar-refractivity contribution in [3.05, 3.63) is 0 Å². The summed E-state index contributed by atoms with van der Waals surface area (Å²) in [6, 6.07) is 1.42. The Hall–Kier alpha value is -0.160. The molecule has 0 amide bonds. The molecule has 2 aliphatic heterocycles. The van der Waals surface area contributed by atoms with Gasteiger partial charge in [-0.15, -0.1) is 0 Å². The lowest BCUT2D eigenvalue weighted by Crippen LogP contribution is -2.54. The SMILES string of the molecule is CN1CCCC(NCC2CN(C)CCN2C)CC1. The summed E-state index contributed by atoms with van der Waals surface area (Å²) in [4.78, 5) is 7.42. The maximum absolute atomic E-state index is 3.81. The van der Waals surface area contributed by atoms with Gasteiger partial charge in [0, 0.05) is 38.3 Å². The third-order valence-corrected chi connectivity index (χ3v) is 4.57. The molecule has 2 atom stereocenters. The molecule has 2 saturated heterocycles. The van der Waals surface area contributed by atoms with Gasteiger partial charge in [0.25, 0.3) is 0 Å². The lowest BCUT2D eigenvalue weighted by molar-refractivity contribution is 0.111. The minimum atomic E-state index is 0.685. The van der Waals surface area contributed by atoms with E-state index in [0.29, 0.717) is 6.04 Å². The van der Waals surface area contributed by atoms with Crippen LogP contribution in [0.2, 0.25) is 0 Å². The van der Waals surface area contributed by atoms with E-state index in [4.69, 9.17) is 0 Å². The molecule has 18 heavy (non-hydrogen) atoms. The fourth-order valence-electron chi connectivity index (χ4n) is 3.07. The van der Waals surface area contributed by atoms with Crippen molar-refractivity contribution in [2.75, 3.05) is 60.4 Å². The summed E-state index contributed by atoms with van der Waals surface area (Å²) in [6.07, 6.45) is 3.99. The first-order valence-corrected chi connectivity index (χ1v) is 7.46. The molecule has 0 bridgehead atoms. The molecular weight excluding hydrogens is 224 g/mol. The summed E-state index contributed by atoms with van der Waals surface area (Å²) in [5, 5.41) is 3.81. The van der Waals surface area contributed by atoms with E-state index >= 15 is 0 Å². The van der Waals surface area contributed by atoms with Gasteiger partial charge in [0.05, 0.1) is 0 Å². The van der Waals surface area contributed by atoms with Crippen molar-refractivity contribution in [3.63, 3.8) is 0 Å². The molecule has 0 aromatic heterocycles. The molecule has 2 fully saturated rings. The molecule has 0 aromatic carbocycles. The van der Waals surface area contributed by atoms with Crippen LogP contribution in [0, 0.1) is 0 Å². The van der Waals surface area contributed by atoms with Crippen LogP contribution in [0.25, 0.3) is 0 Å². The third kappa shape index (κ3) is 4.19. The Bertz CT molecular complexity index is 246. The number of piperazine rings is 1. The highest BCUT2D eigenvalue weighted by molar-refractivity contribution is 4.82. The number of likely N-dealkylation sites (N-methyl/N-ethyl adjacent to an activating group) is 2. The number of likely N-dealkylation sites (tertiary alicyclic amines) is 1. The molecule has 4 nitrogen and oxygen atoms in total. The number of rotatable bonds is 3. The summed E-state index contributed by atoms with van der Waals surface area (Å²) >= 11 is 0. The Morgan fingerprint density at radius 3 is 2.61 bits per heavy atom. The zero-order chi connectivity index (χ0) is 13.0. The van der Waals surface area contributed by atoms with Gasteiger partial charge in [-0.25, -0.2) is 0 Å². The van der Waals surface area contributed by atoms with Gasteiger partial charge in [-0.3, -0.25) is 4.90 Å².